The van der Waals surface area contributed by atoms with E-state index in [4.69, 9.17) is 14.7 Å². The summed E-state index contributed by atoms with van der Waals surface area (Å²) < 4.78 is 11.8. The number of ether oxygens (including phenoxy) is 2. The van der Waals surface area contributed by atoms with Crippen LogP contribution in [0.15, 0.2) is 39.9 Å². The van der Waals surface area contributed by atoms with Gasteiger partial charge in [0.1, 0.15) is 5.75 Å². The maximum absolute atomic E-state index is 11.2. The van der Waals surface area contributed by atoms with Crippen molar-refractivity contribution in [1.29, 1.82) is 5.26 Å². The van der Waals surface area contributed by atoms with Gasteiger partial charge in [0.2, 0.25) is 5.90 Å². The number of fused-ring (bicyclic) bond motifs is 1. The maximum Gasteiger partial charge on any atom is 0.332 e. The van der Waals surface area contributed by atoms with Gasteiger partial charge >= 0.3 is 11.6 Å². The molecular weight excluding hydrogens is 392 g/mol. The van der Waals surface area contributed by atoms with Gasteiger partial charge in [-0.1, -0.05) is 0 Å². The molecule has 0 atom stereocenters. The number of aliphatic imine (C=N–C) groups is 1. The van der Waals surface area contributed by atoms with Gasteiger partial charge in [-0.15, -0.1) is 0 Å². The van der Waals surface area contributed by atoms with Crippen LogP contribution in [0.25, 0.3) is 0 Å². The van der Waals surface area contributed by atoms with Crippen molar-refractivity contribution in [1.82, 2.24) is 4.98 Å². The molecule has 0 N–H and O–H groups in total. The van der Waals surface area contributed by atoms with Crippen LogP contribution in [0.2, 0.25) is 0 Å². The Kier molecular flexibility index (Phi) is 4.14. The number of rotatable bonds is 2. The fourth-order valence-electron chi connectivity index (χ4n) is 2.25. The largest absolute Gasteiger partial charge is 0.466 e. The Morgan fingerprint density at radius 1 is 1.40 bits per heavy atom. The van der Waals surface area contributed by atoms with E-state index >= 15 is 0 Å². The lowest BCUT2D eigenvalue weighted by molar-refractivity contribution is -0.386. The third kappa shape index (κ3) is 3.44. The van der Waals surface area contributed by atoms with Crippen molar-refractivity contribution in [3.63, 3.8) is 0 Å². The lowest BCUT2D eigenvalue weighted by Crippen LogP contribution is -2.34. The smallest absolute Gasteiger partial charge is 0.332 e. The highest BCUT2D eigenvalue weighted by atomic mass is 79.9. The van der Waals surface area contributed by atoms with Gasteiger partial charge in [0.25, 0.3) is 0 Å². The highest BCUT2D eigenvalue weighted by molar-refractivity contribution is 9.10. The number of pyridine rings is 1. The van der Waals surface area contributed by atoms with Crippen LogP contribution in [0.4, 0.5) is 5.69 Å². The van der Waals surface area contributed by atoms with Crippen LogP contribution in [0, 0.1) is 21.4 Å². The van der Waals surface area contributed by atoms with E-state index in [9.17, 15) is 10.1 Å². The Balaban J connectivity index is 2.10. The first-order valence-corrected chi connectivity index (χ1v) is 7.89. The molecule has 2 aromatic rings. The summed E-state index contributed by atoms with van der Waals surface area (Å²) in [6.07, 6.45) is 1.39. The molecule has 25 heavy (non-hydrogen) atoms. The first kappa shape index (κ1) is 16.9. The number of nitro groups is 1. The zero-order chi connectivity index (χ0) is 18.2. The molecule has 0 radical (unpaired) electrons. The van der Waals surface area contributed by atoms with E-state index in [1.807, 2.05) is 6.07 Å². The van der Waals surface area contributed by atoms with Crippen molar-refractivity contribution < 1.29 is 14.4 Å². The minimum absolute atomic E-state index is 0.0984. The molecule has 0 saturated heterocycles. The number of hydrogen-bond acceptors (Lipinski definition) is 7. The summed E-state index contributed by atoms with van der Waals surface area (Å²) in [5.74, 6) is 0.369. The van der Waals surface area contributed by atoms with Crippen LogP contribution >= 0.6 is 15.9 Å². The van der Waals surface area contributed by atoms with Crippen LogP contribution < -0.4 is 9.47 Å². The van der Waals surface area contributed by atoms with Gasteiger partial charge in [0, 0.05) is 16.7 Å². The standard InChI is InChI=1S/C16H11BrN4O4/c1-16(2)20-14(11-5-9(7-18)3-4-13(11)25-16)24-15-12(21(22)23)6-10(17)8-19-15/h3-6,8H,1-2H3. The fraction of sp³-hybridized carbons (Fsp3) is 0.188. The summed E-state index contributed by atoms with van der Waals surface area (Å²) in [5, 5.41) is 20.3. The highest BCUT2D eigenvalue weighted by Gasteiger charge is 2.31. The van der Waals surface area contributed by atoms with E-state index < -0.39 is 10.6 Å². The van der Waals surface area contributed by atoms with Crippen LogP contribution in [0.3, 0.4) is 0 Å². The average molecular weight is 403 g/mol. The number of benzene rings is 1. The monoisotopic (exact) mass is 402 g/mol. The molecule has 0 bridgehead atoms. The lowest BCUT2D eigenvalue weighted by atomic mass is 10.1. The van der Waals surface area contributed by atoms with Crippen LogP contribution in [0.1, 0.15) is 25.0 Å². The molecule has 0 saturated carbocycles. The van der Waals surface area contributed by atoms with Gasteiger partial charge in [-0.25, -0.2) is 9.98 Å². The van der Waals surface area contributed by atoms with Crippen molar-refractivity contribution in [3.05, 3.63) is 56.2 Å². The molecule has 0 amide bonds. The Morgan fingerprint density at radius 3 is 2.84 bits per heavy atom. The minimum Gasteiger partial charge on any atom is -0.466 e. The second-order valence-electron chi connectivity index (χ2n) is 5.63. The average Bonchev–Trinajstić information content (AvgIpc) is 2.55. The van der Waals surface area contributed by atoms with E-state index in [2.05, 4.69) is 25.9 Å². The second kappa shape index (κ2) is 6.14. The van der Waals surface area contributed by atoms with E-state index in [0.717, 1.165) is 0 Å². The normalized spacial score (nSPS) is 14.6. The predicted octanol–water partition coefficient (Wildman–Crippen LogP) is 3.58. The zero-order valence-electron chi connectivity index (χ0n) is 13.2. The quantitative estimate of drug-likeness (QED) is 0.560. The number of halogens is 1. The predicted molar refractivity (Wildman–Crippen MR) is 91.6 cm³/mol. The zero-order valence-corrected chi connectivity index (χ0v) is 14.8. The molecule has 0 fully saturated rings. The second-order valence-corrected chi connectivity index (χ2v) is 6.54. The van der Waals surface area contributed by atoms with Crippen LogP contribution in [-0.4, -0.2) is 21.5 Å². The van der Waals surface area contributed by atoms with Gasteiger partial charge in [0.05, 0.1) is 22.1 Å². The van der Waals surface area contributed by atoms with E-state index in [-0.39, 0.29) is 17.5 Å². The van der Waals surface area contributed by atoms with Gasteiger partial charge in [-0.3, -0.25) is 10.1 Å². The van der Waals surface area contributed by atoms with Crippen LogP contribution in [0.5, 0.6) is 11.6 Å². The molecule has 8 nitrogen and oxygen atoms in total. The van der Waals surface area contributed by atoms with Crippen molar-refractivity contribution in [2.45, 2.75) is 19.6 Å². The first-order valence-electron chi connectivity index (χ1n) is 7.10. The molecule has 9 heteroatoms. The summed E-state index contributed by atoms with van der Waals surface area (Å²) in [5.41, 5.74) is -0.422. The summed E-state index contributed by atoms with van der Waals surface area (Å²) in [6.45, 7) is 3.45. The molecule has 0 unspecified atom stereocenters. The number of aromatic nitrogens is 1. The molecule has 1 aliphatic heterocycles. The molecule has 3 rings (SSSR count). The summed E-state index contributed by atoms with van der Waals surface area (Å²) in [6, 6.07) is 8.11. The molecule has 2 heterocycles. The summed E-state index contributed by atoms with van der Waals surface area (Å²) in [4.78, 5) is 19.0. The van der Waals surface area contributed by atoms with Crippen LogP contribution in [-0.2, 0) is 0 Å². The van der Waals surface area contributed by atoms with Gasteiger partial charge in [-0.05, 0) is 48.0 Å². The Bertz CT molecular complexity index is 950. The molecule has 126 valence electrons. The highest BCUT2D eigenvalue weighted by Crippen LogP contribution is 2.34. The maximum atomic E-state index is 11.2. The number of nitriles is 1. The van der Waals surface area contributed by atoms with Gasteiger partial charge in [-0.2, -0.15) is 5.26 Å². The lowest BCUT2D eigenvalue weighted by Gasteiger charge is -2.29. The Hall–Kier alpha value is -2.99. The van der Waals surface area contributed by atoms with Gasteiger partial charge in [0.15, 0.2) is 5.72 Å². The van der Waals surface area contributed by atoms with Crippen molar-refractivity contribution in [2.24, 2.45) is 4.99 Å². The molecule has 0 aliphatic carbocycles. The third-order valence-corrected chi connectivity index (χ3v) is 3.69. The minimum atomic E-state index is -0.930. The number of hydrogen-bond donors (Lipinski definition) is 0. The van der Waals surface area contributed by atoms with Crippen molar-refractivity contribution >= 4 is 27.5 Å². The Morgan fingerprint density at radius 2 is 2.16 bits per heavy atom. The SMILES string of the molecule is CC1(C)N=C(Oc2ncc(Br)cc2[N+](=O)[O-])c2cc(C#N)ccc2O1. The molecule has 1 aromatic carbocycles. The topological polar surface area (TPSA) is 111 Å². The molecule has 1 aromatic heterocycles. The van der Waals surface area contributed by atoms with Crippen molar-refractivity contribution in [2.75, 3.05) is 0 Å². The summed E-state index contributed by atoms with van der Waals surface area (Å²) in [7, 11) is 0. The third-order valence-electron chi connectivity index (χ3n) is 3.26. The van der Waals surface area contributed by atoms with Crippen molar-refractivity contribution in [3.8, 4) is 17.7 Å². The first-order chi connectivity index (χ1) is 11.8. The van der Waals surface area contributed by atoms with E-state index in [1.165, 1.54) is 12.3 Å². The van der Waals surface area contributed by atoms with E-state index in [1.54, 1.807) is 32.0 Å². The molecular formula is C16H11BrN4O4. The van der Waals surface area contributed by atoms with Gasteiger partial charge < -0.3 is 9.47 Å². The van der Waals surface area contributed by atoms with E-state index in [0.29, 0.717) is 21.3 Å². The fourth-order valence-corrected chi connectivity index (χ4v) is 2.57. The molecule has 1 aliphatic rings. The summed E-state index contributed by atoms with van der Waals surface area (Å²) >= 11 is 3.14. The number of nitrogens with zero attached hydrogens (tertiary/aromatic N) is 4. The molecule has 0 spiro atoms. The Labute approximate surface area is 151 Å².